The van der Waals surface area contributed by atoms with Crippen LogP contribution in [0.2, 0.25) is 5.02 Å². The molecule has 0 fully saturated rings. The minimum absolute atomic E-state index is 0.0288. The molecule has 0 bridgehead atoms. The second-order valence-corrected chi connectivity index (χ2v) is 8.83. The van der Waals surface area contributed by atoms with Crippen molar-refractivity contribution in [1.29, 1.82) is 0 Å². The second kappa shape index (κ2) is 11.7. The monoisotopic (exact) mass is 463 g/mol. The number of non-ortho nitro benzene ring substituents is 1. The van der Waals surface area contributed by atoms with Crippen LogP contribution in [0.15, 0.2) is 48.5 Å². The van der Waals surface area contributed by atoms with Crippen LogP contribution in [0.5, 0.6) is 0 Å². The van der Waals surface area contributed by atoms with Crippen LogP contribution < -0.4 is 5.32 Å². The number of carbonyl (C=O) groups is 2. The summed E-state index contributed by atoms with van der Waals surface area (Å²) in [5.74, 6) is 0.348. The van der Waals surface area contributed by atoms with Crippen molar-refractivity contribution in [3.8, 4) is 0 Å². The summed E-state index contributed by atoms with van der Waals surface area (Å²) in [7, 11) is 0. The fourth-order valence-corrected chi connectivity index (χ4v) is 3.82. The highest BCUT2D eigenvalue weighted by Gasteiger charge is 2.26. The van der Waals surface area contributed by atoms with Crippen LogP contribution in [0.3, 0.4) is 0 Å². The second-order valence-electron chi connectivity index (χ2n) is 7.40. The molecule has 1 atom stereocenters. The number of nitrogens with zero attached hydrogens (tertiary/aromatic N) is 2. The van der Waals surface area contributed by atoms with E-state index in [0.29, 0.717) is 17.3 Å². The van der Waals surface area contributed by atoms with Crippen molar-refractivity contribution >= 4 is 40.9 Å². The predicted molar refractivity (Wildman–Crippen MR) is 124 cm³/mol. The highest BCUT2D eigenvalue weighted by molar-refractivity contribution is 7.99. The number of nitro groups is 1. The zero-order chi connectivity index (χ0) is 23.0. The van der Waals surface area contributed by atoms with E-state index in [4.69, 9.17) is 11.6 Å². The molecule has 0 aliphatic carbocycles. The Balaban J connectivity index is 2.04. The van der Waals surface area contributed by atoms with Crippen LogP contribution in [0.4, 0.5) is 5.69 Å². The fraction of sp³-hybridized carbons (Fsp3) is 0.364. The first-order valence-corrected chi connectivity index (χ1v) is 11.4. The maximum Gasteiger partial charge on any atom is 0.269 e. The van der Waals surface area contributed by atoms with Crippen molar-refractivity contribution in [3.05, 3.63) is 74.8 Å². The van der Waals surface area contributed by atoms with Gasteiger partial charge in [-0.15, -0.1) is 11.8 Å². The summed E-state index contributed by atoms with van der Waals surface area (Å²) in [5.41, 5.74) is 1.80. The minimum Gasteiger partial charge on any atom is -0.352 e. The molecule has 31 heavy (non-hydrogen) atoms. The van der Waals surface area contributed by atoms with E-state index in [1.165, 1.54) is 23.9 Å². The minimum atomic E-state index is -0.634. The first-order chi connectivity index (χ1) is 14.7. The number of nitrogens with one attached hydrogen (secondary N) is 1. The first-order valence-electron chi connectivity index (χ1n) is 9.82. The molecule has 9 heteroatoms. The van der Waals surface area contributed by atoms with Crippen LogP contribution >= 0.6 is 23.4 Å². The van der Waals surface area contributed by atoms with Crippen molar-refractivity contribution < 1.29 is 14.5 Å². The number of hydrogen-bond acceptors (Lipinski definition) is 5. The lowest BCUT2D eigenvalue weighted by Gasteiger charge is -2.29. The van der Waals surface area contributed by atoms with Gasteiger partial charge in [0.15, 0.2) is 0 Å². The van der Waals surface area contributed by atoms with Gasteiger partial charge in [-0.3, -0.25) is 19.7 Å². The molecule has 0 radical (unpaired) electrons. The summed E-state index contributed by atoms with van der Waals surface area (Å²) in [4.78, 5) is 37.4. The van der Waals surface area contributed by atoms with Crippen molar-refractivity contribution in [2.24, 2.45) is 0 Å². The summed E-state index contributed by atoms with van der Waals surface area (Å²) >= 11 is 7.35. The molecule has 0 spiro atoms. The quantitative estimate of drug-likeness (QED) is 0.415. The molecule has 2 amide bonds. The van der Waals surface area contributed by atoms with E-state index in [0.717, 1.165) is 11.1 Å². The number of nitro benzene ring substituents is 1. The maximum atomic E-state index is 13.0. The van der Waals surface area contributed by atoms with E-state index in [1.807, 2.05) is 26.0 Å². The lowest BCUT2D eigenvalue weighted by atomic mass is 10.1. The molecule has 166 valence electrons. The molecule has 1 unspecified atom stereocenters. The molecule has 0 aromatic heterocycles. The van der Waals surface area contributed by atoms with Crippen LogP contribution in [-0.2, 0) is 21.9 Å². The van der Waals surface area contributed by atoms with Crippen molar-refractivity contribution in [1.82, 2.24) is 10.2 Å². The van der Waals surface area contributed by atoms with Gasteiger partial charge in [-0.05, 0) is 44.0 Å². The Kier molecular flexibility index (Phi) is 9.33. The SMILES string of the molecule is CC(C)NC(=O)C(C)N(Cc1ccc(Cl)cc1)C(=O)CSCc1ccc([N+](=O)[O-])cc1. The van der Waals surface area contributed by atoms with Crippen LogP contribution in [-0.4, -0.2) is 39.5 Å². The Morgan fingerprint density at radius 2 is 1.65 bits per heavy atom. The number of thioether (sulfide) groups is 1. The molecule has 0 aliphatic rings. The van der Waals surface area contributed by atoms with Gasteiger partial charge in [0.05, 0.1) is 10.7 Å². The smallest absolute Gasteiger partial charge is 0.269 e. The standard InChI is InChI=1S/C22H26ClN3O4S/c1-15(2)24-22(28)16(3)25(12-17-4-8-19(23)9-5-17)21(27)14-31-13-18-6-10-20(11-7-18)26(29)30/h4-11,15-16H,12-14H2,1-3H3,(H,24,28). The summed E-state index contributed by atoms with van der Waals surface area (Å²) in [6.45, 7) is 5.75. The van der Waals surface area contributed by atoms with Crippen molar-refractivity contribution in [2.75, 3.05) is 5.75 Å². The Morgan fingerprint density at radius 3 is 2.19 bits per heavy atom. The molecule has 0 saturated heterocycles. The molecule has 0 aliphatic heterocycles. The molecular weight excluding hydrogens is 438 g/mol. The first kappa shape index (κ1) is 24.7. The largest absolute Gasteiger partial charge is 0.352 e. The molecule has 0 heterocycles. The number of carbonyl (C=O) groups excluding carboxylic acids is 2. The fourth-order valence-electron chi connectivity index (χ4n) is 2.83. The van der Waals surface area contributed by atoms with Crippen LogP contribution in [0.1, 0.15) is 31.9 Å². The van der Waals surface area contributed by atoms with E-state index in [2.05, 4.69) is 5.32 Å². The molecule has 7 nitrogen and oxygen atoms in total. The lowest BCUT2D eigenvalue weighted by molar-refractivity contribution is -0.384. The number of halogens is 1. The van der Waals surface area contributed by atoms with E-state index in [1.54, 1.807) is 36.1 Å². The van der Waals surface area contributed by atoms with Gasteiger partial charge in [0.2, 0.25) is 11.8 Å². The summed E-state index contributed by atoms with van der Waals surface area (Å²) < 4.78 is 0. The van der Waals surface area contributed by atoms with Gasteiger partial charge in [-0.25, -0.2) is 0 Å². The third-order valence-electron chi connectivity index (χ3n) is 4.51. The van der Waals surface area contributed by atoms with Gasteiger partial charge in [-0.2, -0.15) is 0 Å². The van der Waals surface area contributed by atoms with Gasteiger partial charge in [0.25, 0.3) is 5.69 Å². The Morgan fingerprint density at radius 1 is 1.06 bits per heavy atom. The van der Waals surface area contributed by atoms with Gasteiger partial charge < -0.3 is 10.2 Å². The van der Waals surface area contributed by atoms with Gasteiger partial charge in [-0.1, -0.05) is 35.9 Å². The highest BCUT2D eigenvalue weighted by Crippen LogP contribution is 2.19. The number of hydrogen-bond donors (Lipinski definition) is 1. The Hall–Kier alpha value is -2.58. The number of benzene rings is 2. The zero-order valence-corrected chi connectivity index (χ0v) is 19.3. The maximum absolute atomic E-state index is 13.0. The van der Waals surface area contributed by atoms with Crippen molar-refractivity contribution in [2.45, 2.75) is 45.2 Å². The number of amides is 2. The third kappa shape index (κ3) is 7.88. The normalized spacial score (nSPS) is 11.8. The topological polar surface area (TPSA) is 92.6 Å². The average molecular weight is 464 g/mol. The zero-order valence-electron chi connectivity index (χ0n) is 17.7. The molecule has 2 aromatic carbocycles. The summed E-state index contributed by atoms with van der Waals surface area (Å²) in [6.07, 6.45) is 0. The highest BCUT2D eigenvalue weighted by atomic mass is 35.5. The van der Waals surface area contributed by atoms with Gasteiger partial charge >= 0.3 is 0 Å². The summed E-state index contributed by atoms with van der Waals surface area (Å²) in [5, 5.41) is 14.2. The van der Waals surface area contributed by atoms with E-state index in [-0.39, 0.29) is 29.3 Å². The van der Waals surface area contributed by atoms with E-state index >= 15 is 0 Å². The predicted octanol–water partition coefficient (Wildman–Crippen LogP) is 4.42. The van der Waals surface area contributed by atoms with E-state index in [9.17, 15) is 19.7 Å². The summed E-state index contributed by atoms with van der Waals surface area (Å²) in [6, 6.07) is 12.8. The van der Waals surface area contributed by atoms with Crippen molar-refractivity contribution in [3.63, 3.8) is 0 Å². The Labute approximate surface area is 191 Å². The van der Waals surface area contributed by atoms with E-state index < -0.39 is 11.0 Å². The van der Waals surface area contributed by atoms with Gasteiger partial charge in [0.1, 0.15) is 6.04 Å². The molecule has 2 rings (SSSR count). The third-order valence-corrected chi connectivity index (χ3v) is 5.75. The molecular formula is C22H26ClN3O4S. The lowest BCUT2D eigenvalue weighted by Crippen LogP contribution is -2.49. The molecule has 2 aromatic rings. The number of rotatable bonds is 10. The van der Waals surface area contributed by atoms with Gasteiger partial charge in [0, 0.05) is 35.5 Å². The van der Waals surface area contributed by atoms with Crippen LogP contribution in [0.25, 0.3) is 0 Å². The molecule has 1 N–H and O–H groups in total. The Bertz CT molecular complexity index is 904. The molecule has 0 saturated carbocycles. The average Bonchev–Trinajstić information content (AvgIpc) is 2.72. The van der Waals surface area contributed by atoms with Crippen LogP contribution in [0, 0.1) is 10.1 Å².